The van der Waals surface area contributed by atoms with Gasteiger partial charge in [0.25, 0.3) is 0 Å². The van der Waals surface area contributed by atoms with E-state index in [4.69, 9.17) is 30.4 Å². The predicted octanol–water partition coefficient (Wildman–Crippen LogP) is 6.95. The summed E-state index contributed by atoms with van der Waals surface area (Å²) in [5.74, 6) is 2.35. The van der Waals surface area contributed by atoms with Crippen LogP contribution in [-0.2, 0) is 4.74 Å². The summed E-state index contributed by atoms with van der Waals surface area (Å²) in [7, 11) is 0. The number of hydrogen-bond donors (Lipinski definition) is 2. The molecule has 4 N–H and O–H groups in total. The first-order chi connectivity index (χ1) is 18.1. The van der Waals surface area contributed by atoms with Gasteiger partial charge in [-0.15, -0.1) is 0 Å². The van der Waals surface area contributed by atoms with E-state index in [1.54, 1.807) is 0 Å². The van der Waals surface area contributed by atoms with Crippen molar-refractivity contribution < 1.29 is 18.9 Å². The van der Waals surface area contributed by atoms with Crippen molar-refractivity contribution in [2.24, 2.45) is 0 Å². The number of nitrogen functional groups attached to an aromatic ring is 2. The molecule has 0 spiro atoms. The Morgan fingerprint density at radius 1 is 0.703 bits per heavy atom. The third kappa shape index (κ3) is 8.60. The third-order valence-corrected chi connectivity index (χ3v) is 6.72. The number of nitrogens with two attached hydrogens (primary N) is 2. The predicted molar refractivity (Wildman–Crippen MR) is 149 cm³/mol. The minimum Gasteiger partial charge on any atom is -0.490 e. The highest BCUT2D eigenvalue weighted by Gasteiger charge is 2.23. The van der Waals surface area contributed by atoms with Crippen LogP contribution in [0.1, 0.15) is 63.5 Å². The molecule has 3 aromatic carbocycles. The van der Waals surface area contributed by atoms with E-state index in [1.165, 1.54) is 12.8 Å². The summed E-state index contributed by atoms with van der Waals surface area (Å²) in [6.45, 7) is 3.45. The molecule has 3 aromatic rings. The van der Waals surface area contributed by atoms with E-state index < -0.39 is 0 Å². The maximum Gasteiger partial charge on any atom is 0.158 e. The zero-order chi connectivity index (χ0) is 25.9. The van der Waals surface area contributed by atoms with Gasteiger partial charge >= 0.3 is 0 Å². The average Bonchev–Trinajstić information content (AvgIpc) is 2.92. The zero-order valence-electron chi connectivity index (χ0n) is 21.8. The van der Waals surface area contributed by atoms with Gasteiger partial charge in [0, 0.05) is 18.0 Å². The first-order valence-corrected chi connectivity index (χ1v) is 13.5. The van der Waals surface area contributed by atoms with Crippen LogP contribution in [0.15, 0.2) is 72.8 Å². The molecule has 0 radical (unpaired) electrons. The number of anilines is 2. The number of ether oxygens (including phenoxy) is 4. The summed E-state index contributed by atoms with van der Waals surface area (Å²) in [5, 5.41) is 0. The second kappa shape index (κ2) is 13.8. The molecule has 198 valence electrons. The smallest absolute Gasteiger partial charge is 0.158 e. The van der Waals surface area contributed by atoms with Crippen LogP contribution in [0.2, 0.25) is 0 Å². The topological polar surface area (TPSA) is 89.0 Å². The fourth-order valence-electron chi connectivity index (χ4n) is 4.52. The van der Waals surface area contributed by atoms with E-state index in [-0.39, 0.29) is 12.2 Å². The minimum absolute atomic E-state index is 0.233. The van der Waals surface area contributed by atoms with E-state index >= 15 is 0 Å². The maximum absolute atomic E-state index is 6.30. The fourth-order valence-corrected chi connectivity index (χ4v) is 4.52. The molecule has 1 saturated carbocycles. The Bertz CT molecular complexity index is 1050. The lowest BCUT2D eigenvalue weighted by Gasteiger charge is -2.29. The Kier molecular flexibility index (Phi) is 9.95. The molecule has 37 heavy (non-hydrogen) atoms. The van der Waals surface area contributed by atoms with Crippen LogP contribution in [0.5, 0.6) is 17.2 Å². The summed E-state index contributed by atoms with van der Waals surface area (Å²) in [4.78, 5) is 0. The molecule has 0 heterocycles. The van der Waals surface area contributed by atoms with Crippen molar-refractivity contribution in [2.75, 3.05) is 24.7 Å². The Morgan fingerprint density at radius 3 is 1.89 bits per heavy atom. The van der Waals surface area contributed by atoms with E-state index in [0.29, 0.717) is 24.1 Å². The first-order valence-electron chi connectivity index (χ1n) is 13.5. The van der Waals surface area contributed by atoms with Crippen molar-refractivity contribution in [3.8, 4) is 17.2 Å². The molecule has 4 rings (SSSR count). The molecular formula is C31H40N2O4. The van der Waals surface area contributed by atoms with Gasteiger partial charge in [0.15, 0.2) is 6.10 Å². The van der Waals surface area contributed by atoms with Crippen molar-refractivity contribution >= 4 is 11.4 Å². The van der Waals surface area contributed by atoms with Crippen LogP contribution in [0.4, 0.5) is 11.4 Å². The summed E-state index contributed by atoms with van der Waals surface area (Å²) in [6, 6.07) is 22.9. The molecule has 0 bridgehead atoms. The van der Waals surface area contributed by atoms with Gasteiger partial charge < -0.3 is 30.4 Å². The number of unbranched alkanes of at least 4 members (excludes halogenated alkanes) is 2. The lowest BCUT2D eigenvalue weighted by molar-refractivity contribution is 0.00125. The molecule has 1 atom stereocenters. The molecule has 0 saturated heterocycles. The third-order valence-electron chi connectivity index (χ3n) is 6.72. The van der Waals surface area contributed by atoms with Crippen LogP contribution in [0, 0.1) is 0 Å². The zero-order valence-corrected chi connectivity index (χ0v) is 21.8. The van der Waals surface area contributed by atoms with E-state index in [1.807, 2.05) is 72.8 Å². The van der Waals surface area contributed by atoms with Crippen molar-refractivity contribution in [3.05, 3.63) is 78.4 Å². The quantitative estimate of drug-likeness (QED) is 0.193. The normalized spacial score (nSPS) is 18.2. The molecular weight excluding hydrogens is 464 g/mol. The van der Waals surface area contributed by atoms with Gasteiger partial charge in [-0.3, -0.25) is 0 Å². The molecule has 1 aliphatic carbocycles. The Labute approximate surface area is 220 Å². The Morgan fingerprint density at radius 2 is 1.27 bits per heavy atom. The maximum atomic E-state index is 6.30. The average molecular weight is 505 g/mol. The molecule has 6 nitrogen and oxygen atoms in total. The molecule has 1 fully saturated rings. The summed E-state index contributed by atoms with van der Waals surface area (Å²) < 4.78 is 24.7. The van der Waals surface area contributed by atoms with Crippen LogP contribution in [-0.4, -0.2) is 25.4 Å². The monoisotopic (exact) mass is 504 g/mol. The summed E-state index contributed by atoms with van der Waals surface area (Å²) in [5.41, 5.74) is 14.0. The minimum atomic E-state index is -0.310. The SMILES string of the molecule is CCCCCOC1CCC(Oc2ccc(C(COc3ccc(N)cc3)Oc3ccc(N)cc3)cc2)CC1. The van der Waals surface area contributed by atoms with Gasteiger partial charge in [-0.2, -0.15) is 0 Å². The highest BCUT2D eigenvalue weighted by Crippen LogP contribution is 2.29. The Hall–Kier alpha value is -3.38. The van der Waals surface area contributed by atoms with E-state index in [2.05, 4.69) is 6.92 Å². The number of rotatable bonds is 13. The van der Waals surface area contributed by atoms with Crippen molar-refractivity contribution in [2.45, 2.75) is 70.2 Å². The second-order valence-corrected chi connectivity index (χ2v) is 9.72. The number of hydrogen-bond acceptors (Lipinski definition) is 6. The lowest BCUT2D eigenvalue weighted by atomic mass is 9.95. The van der Waals surface area contributed by atoms with Gasteiger partial charge in [0.05, 0.1) is 12.2 Å². The van der Waals surface area contributed by atoms with Crippen molar-refractivity contribution in [1.29, 1.82) is 0 Å². The molecule has 0 amide bonds. The lowest BCUT2D eigenvalue weighted by Crippen LogP contribution is -2.28. The van der Waals surface area contributed by atoms with Gasteiger partial charge in [-0.25, -0.2) is 0 Å². The van der Waals surface area contributed by atoms with Crippen LogP contribution < -0.4 is 25.7 Å². The van der Waals surface area contributed by atoms with Crippen molar-refractivity contribution in [1.82, 2.24) is 0 Å². The standard InChI is InChI=1S/C31H40N2O4/c1-2-3-4-21-34-26-17-19-29(20-18-26)36-28-11-5-23(6-12-28)31(37-30-15-9-25(33)10-16-30)22-35-27-13-7-24(32)8-14-27/h5-16,26,29,31H,2-4,17-22,32-33H2,1H3. The molecule has 1 aliphatic rings. The highest BCUT2D eigenvalue weighted by molar-refractivity contribution is 5.43. The van der Waals surface area contributed by atoms with Gasteiger partial charge in [0.2, 0.25) is 0 Å². The summed E-state index contributed by atoms with van der Waals surface area (Å²) in [6.07, 6.45) is 8.12. The van der Waals surface area contributed by atoms with Gasteiger partial charge in [0.1, 0.15) is 23.9 Å². The fraction of sp³-hybridized carbons (Fsp3) is 0.419. The summed E-state index contributed by atoms with van der Waals surface area (Å²) >= 11 is 0. The van der Waals surface area contributed by atoms with Crippen LogP contribution in [0.25, 0.3) is 0 Å². The van der Waals surface area contributed by atoms with Gasteiger partial charge in [-0.05, 0) is 98.3 Å². The molecule has 0 aromatic heterocycles. The Balaban J connectivity index is 1.33. The largest absolute Gasteiger partial charge is 0.490 e. The van der Waals surface area contributed by atoms with Crippen LogP contribution in [0.3, 0.4) is 0 Å². The second-order valence-electron chi connectivity index (χ2n) is 9.72. The molecule has 6 heteroatoms. The molecule has 1 unspecified atom stereocenters. The molecule has 0 aliphatic heterocycles. The first kappa shape index (κ1) is 26.7. The van der Waals surface area contributed by atoms with Gasteiger partial charge in [-0.1, -0.05) is 31.9 Å². The number of benzene rings is 3. The van der Waals surface area contributed by atoms with Crippen LogP contribution >= 0.6 is 0 Å². The van der Waals surface area contributed by atoms with E-state index in [9.17, 15) is 0 Å². The van der Waals surface area contributed by atoms with Crippen molar-refractivity contribution in [3.63, 3.8) is 0 Å². The van der Waals surface area contributed by atoms with E-state index in [0.717, 1.165) is 61.5 Å². The highest BCUT2D eigenvalue weighted by atomic mass is 16.5.